The second kappa shape index (κ2) is 5.85. The molecule has 0 aliphatic rings. The zero-order chi connectivity index (χ0) is 9.40. The van der Waals surface area contributed by atoms with Gasteiger partial charge in [0.05, 0.1) is 13.2 Å². The van der Waals surface area contributed by atoms with Crippen LogP contribution in [0, 0.1) is 11.3 Å². The third-order valence-corrected chi connectivity index (χ3v) is 0.835. The molecule has 0 spiro atoms. The zero-order valence-corrected chi connectivity index (χ0v) is 6.52. The molecule has 0 aromatic rings. The highest BCUT2D eigenvalue weighted by atomic mass is 16.5. The summed E-state index contributed by atoms with van der Waals surface area (Å²) in [4.78, 5) is 17.5. The zero-order valence-electron chi connectivity index (χ0n) is 6.52. The Hall–Kier alpha value is -1.90. The average molecular weight is 168 g/mol. The number of methoxy groups -OCH3 is 1. The van der Waals surface area contributed by atoms with Crippen LogP contribution < -0.4 is 5.73 Å². The molecule has 0 radical (unpaired) electrons. The molecule has 0 saturated carbocycles. The Kier molecular flexibility index (Phi) is 4.93. The van der Waals surface area contributed by atoms with Gasteiger partial charge in [-0.2, -0.15) is 5.26 Å². The Bertz CT molecular complexity index is 251. The summed E-state index contributed by atoms with van der Waals surface area (Å²) in [5, 5.41) is 8.05. The normalized spacial score (nSPS) is 11.2. The second-order valence-corrected chi connectivity index (χ2v) is 1.62. The molecule has 0 unspecified atom stereocenters. The quantitative estimate of drug-likeness (QED) is 0.249. The summed E-state index contributed by atoms with van der Waals surface area (Å²) in [7, 11) is 1.19. The molecule has 0 atom stereocenters. The van der Waals surface area contributed by atoms with Crippen molar-refractivity contribution in [3.05, 3.63) is 0 Å². The Morgan fingerprint density at radius 2 is 2.50 bits per heavy atom. The number of carbonyl (C=O) groups excluding carboxylic acids is 1. The van der Waals surface area contributed by atoms with Gasteiger partial charge in [-0.3, -0.25) is 4.99 Å². The number of hydrogen-bond acceptors (Lipinski definition) is 4. The Balaban J connectivity index is 4.02. The van der Waals surface area contributed by atoms with E-state index >= 15 is 0 Å². The minimum absolute atomic E-state index is 0.0159. The number of carbonyl (C=O) groups is 1. The van der Waals surface area contributed by atoms with Crippen molar-refractivity contribution in [3.8, 4) is 6.07 Å². The number of rotatable bonds is 2. The number of nitrogens with zero attached hydrogens (tertiary/aromatic N) is 3. The van der Waals surface area contributed by atoms with E-state index in [2.05, 4.69) is 14.7 Å². The number of nitriles is 1. The number of nitrogens with two attached hydrogens (primary N) is 1. The molecule has 0 fully saturated rings. The molecule has 0 bridgehead atoms. The van der Waals surface area contributed by atoms with Gasteiger partial charge >= 0.3 is 5.97 Å². The lowest BCUT2D eigenvalue weighted by molar-refractivity contribution is -0.132. The first kappa shape index (κ1) is 10.1. The summed E-state index contributed by atoms with van der Waals surface area (Å²) in [6.07, 6.45) is 1.04. The van der Waals surface area contributed by atoms with Crippen molar-refractivity contribution in [3.63, 3.8) is 0 Å². The lowest BCUT2D eigenvalue weighted by Crippen LogP contribution is -2.24. The topological polar surface area (TPSA) is 101 Å². The molecule has 0 amide bonds. The van der Waals surface area contributed by atoms with Crippen LogP contribution in [0.1, 0.15) is 0 Å². The van der Waals surface area contributed by atoms with E-state index < -0.39 is 5.97 Å². The molecular weight excluding hydrogens is 160 g/mol. The highest BCUT2D eigenvalue weighted by Gasteiger charge is 2.03. The van der Waals surface area contributed by atoms with Crippen LogP contribution in [0.4, 0.5) is 0 Å². The van der Waals surface area contributed by atoms with Crippen LogP contribution in [0.3, 0.4) is 0 Å². The predicted octanol–water partition coefficient (Wildman–Crippen LogP) is -0.932. The van der Waals surface area contributed by atoms with Gasteiger partial charge in [0, 0.05) is 0 Å². The van der Waals surface area contributed by atoms with Gasteiger partial charge in [-0.1, -0.05) is 0 Å². The van der Waals surface area contributed by atoms with Gasteiger partial charge in [0.25, 0.3) is 0 Å². The molecule has 6 nitrogen and oxygen atoms in total. The first-order chi connectivity index (χ1) is 5.72. The summed E-state index contributed by atoms with van der Waals surface area (Å²) in [6.45, 7) is -0.0159. The van der Waals surface area contributed by atoms with Crippen LogP contribution >= 0.6 is 0 Å². The van der Waals surface area contributed by atoms with Gasteiger partial charge in [-0.15, -0.1) is 0 Å². The maximum Gasteiger partial charge on any atom is 0.373 e. The molecule has 0 saturated heterocycles. The predicted molar refractivity (Wildman–Crippen MR) is 42.6 cm³/mol. The number of hydrogen-bond donors (Lipinski definition) is 1. The molecule has 0 rings (SSSR count). The smallest absolute Gasteiger partial charge is 0.373 e. The Morgan fingerprint density at radius 3 is 3.00 bits per heavy atom. The third kappa shape index (κ3) is 4.00. The molecule has 6 heteroatoms. The van der Waals surface area contributed by atoms with Crippen molar-refractivity contribution >= 4 is 18.1 Å². The first-order valence-electron chi connectivity index (χ1n) is 2.99. The lowest BCUT2D eigenvalue weighted by Gasteiger charge is -1.93. The second-order valence-electron chi connectivity index (χ2n) is 1.62. The Labute approximate surface area is 69.4 Å². The van der Waals surface area contributed by atoms with Gasteiger partial charge in [0.15, 0.2) is 0 Å². The largest absolute Gasteiger partial charge is 0.463 e. The molecule has 2 N–H and O–H groups in total. The van der Waals surface area contributed by atoms with E-state index in [-0.39, 0.29) is 12.4 Å². The molecular formula is C6H8N4O2. The van der Waals surface area contributed by atoms with Gasteiger partial charge in [-0.25, -0.2) is 9.79 Å². The highest BCUT2D eigenvalue weighted by molar-refractivity contribution is 6.35. The van der Waals surface area contributed by atoms with E-state index in [1.54, 1.807) is 6.07 Å². The number of esters is 1. The van der Waals surface area contributed by atoms with E-state index in [4.69, 9.17) is 11.0 Å². The van der Waals surface area contributed by atoms with E-state index in [1.165, 1.54) is 7.11 Å². The molecule has 0 heterocycles. The van der Waals surface area contributed by atoms with Crippen LogP contribution in [0.5, 0.6) is 0 Å². The van der Waals surface area contributed by atoms with Crippen LogP contribution in [0.25, 0.3) is 0 Å². The fourth-order valence-electron chi connectivity index (χ4n) is 0.342. The monoisotopic (exact) mass is 168 g/mol. The highest BCUT2D eigenvalue weighted by Crippen LogP contribution is 1.74. The fraction of sp³-hybridized carbons (Fsp3) is 0.333. The van der Waals surface area contributed by atoms with E-state index in [1.807, 2.05) is 0 Å². The average Bonchev–Trinajstić information content (AvgIpc) is 2.10. The molecule has 0 aliphatic heterocycles. The van der Waals surface area contributed by atoms with E-state index in [0.29, 0.717) is 0 Å². The standard InChI is InChI=1S/C6H8N4O2/c1-12-6(11)5(8)10-4-9-3-2-7/h4H,3H2,1H3,(H2,8,9,10). The van der Waals surface area contributed by atoms with Crippen LogP contribution in [-0.4, -0.2) is 31.8 Å². The van der Waals surface area contributed by atoms with Gasteiger partial charge in [-0.05, 0) is 0 Å². The molecule has 0 aromatic heterocycles. The summed E-state index contributed by atoms with van der Waals surface area (Å²) >= 11 is 0. The van der Waals surface area contributed by atoms with Gasteiger partial charge < -0.3 is 10.5 Å². The van der Waals surface area contributed by atoms with Crippen molar-refractivity contribution < 1.29 is 9.53 Å². The van der Waals surface area contributed by atoms with Crippen LogP contribution in [-0.2, 0) is 9.53 Å². The minimum atomic E-state index is -0.724. The Morgan fingerprint density at radius 1 is 1.83 bits per heavy atom. The summed E-state index contributed by atoms with van der Waals surface area (Å²) in [5.41, 5.74) is 5.11. The summed E-state index contributed by atoms with van der Waals surface area (Å²) in [6, 6.07) is 1.76. The van der Waals surface area contributed by atoms with Gasteiger partial charge in [0.2, 0.25) is 5.84 Å². The SMILES string of the molecule is COC(=O)C(N)=NC=NCC#N. The molecule has 12 heavy (non-hydrogen) atoms. The summed E-state index contributed by atoms with van der Waals surface area (Å²) in [5.74, 6) is -1.02. The van der Waals surface area contributed by atoms with Crippen molar-refractivity contribution in [2.45, 2.75) is 0 Å². The van der Waals surface area contributed by atoms with Crippen molar-refractivity contribution in [2.75, 3.05) is 13.7 Å². The van der Waals surface area contributed by atoms with Crippen molar-refractivity contribution in [2.24, 2.45) is 15.7 Å². The minimum Gasteiger partial charge on any atom is -0.463 e. The first-order valence-corrected chi connectivity index (χ1v) is 2.99. The number of aliphatic imine (C=N–C) groups is 2. The third-order valence-electron chi connectivity index (χ3n) is 0.835. The van der Waals surface area contributed by atoms with E-state index in [0.717, 1.165) is 6.34 Å². The lowest BCUT2D eigenvalue weighted by atomic mass is 10.6. The number of amidine groups is 1. The maximum atomic E-state index is 10.6. The molecule has 0 aliphatic carbocycles. The maximum absolute atomic E-state index is 10.6. The molecule has 0 aromatic carbocycles. The van der Waals surface area contributed by atoms with Crippen molar-refractivity contribution in [1.82, 2.24) is 0 Å². The molecule has 64 valence electrons. The number of ether oxygens (including phenoxy) is 1. The van der Waals surface area contributed by atoms with Gasteiger partial charge in [0.1, 0.15) is 12.9 Å². The van der Waals surface area contributed by atoms with Crippen LogP contribution in [0.2, 0.25) is 0 Å². The summed E-state index contributed by atoms with van der Waals surface area (Å²) < 4.78 is 4.25. The van der Waals surface area contributed by atoms with Crippen molar-refractivity contribution in [1.29, 1.82) is 5.26 Å². The fourth-order valence-corrected chi connectivity index (χ4v) is 0.342. The van der Waals surface area contributed by atoms with Crippen LogP contribution in [0.15, 0.2) is 9.98 Å². The van der Waals surface area contributed by atoms with E-state index in [9.17, 15) is 4.79 Å².